The van der Waals surface area contributed by atoms with Gasteiger partial charge in [0.1, 0.15) is 0 Å². The monoisotopic (exact) mass is 282 g/mol. The number of aromatic nitrogens is 3. The zero-order chi connectivity index (χ0) is 14.5. The summed E-state index contributed by atoms with van der Waals surface area (Å²) in [4.78, 5) is 4.29. The van der Waals surface area contributed by atoms with E-state index < -0.39 is 0 Å². The van der Waals surface area contributed by atoms with Crippen molar-refractivity contribution in [2.75, 3.05) is 19.0 Å². The van der Waals surface area contributed by atoms with Gasteiger partial charge < -0.3 is 10.1 Å². The molecular weight excluding hydrogens is 264 g/mol. The Labute approximate surface area is 123 Å². The maximum atomic E-state index is 5.04. The van der Waals surface area contributed by atoms with E-state index in [1.165, 1.54) is 10.9 Å². The molecule has 0 spiro atoms. The highest BCUT2D eigenvalue weighted by Crippen LogP contribution is 2.18. The fraction of sp³-hybridized carbons (Fsp3) is 0.250. The van der Waals surface area contributed by atoms with Crippen LogP contribution in [0.15, 0.2) is 49.1 Å². The number of pyridine rings is 1. The first-order chi connectivity index (χ1) is 10.4. The number of benzene rings is 1. The molecule has 0 aliphatic rings. The molecule has 0 amide bonds. The number of methoxy groups -OCH3 is 1. The van der Waals surface area contributed by atoms with Crippen LogP contribution in [-0.2, 0) is 17.8 Å². The summed E-state index contributed by atoms with van der Waals surface area (Å²) in [7, 11) is 1.69. The van der Waals surface area contributed by atoms with Crippen LogP contribution in [0.5, 0.6) is 0 Å². The van der Waals surface area contributed by atoms with Crippen molar-refractivity contribution in [3.05, 3.63) is 54.6 Å². The average Bonchev–Trinajstić information content (AvgIpc) is 2.99. The lowest BCUT2D eigenvalue weighted by Gasteiger charge is -2.07. The number of nitrogens with one attached hydrogen (secondary N) is 1. The van der Waals surface area contributed by atoms with Gasteiger partial charge in [0.2, 0.25) is 0 Å². The summed E-state index contributed by atoms with van der Waals surface area (Å²) in [6.45, 7) is 2.15. The summed E-state index contributed by atoms with van der Waals surface area (Å²) in [5.74, 6) is 0. The van der Waals surface area contributed by atoms with Crippen LogP contribution in [0.3, 0.4) is 0 Å². The summed E-state index contributed by atoms with van der Waals surface area (Å²) < 4.78 is 6.91. The Kier molecular flexibility index (Phi) is 4.12. The molecule has 0 aliphatic heterocycles. The Morgan fingerprint density at radius 2 is 2.10 bits per heavy atom. The van der Waals surface area contributed by atoms with Crippen molar-refractivity contribution < 1.29 is 4.74 Å². The van der Waals surface area contributed by atoms with E-state index in [0.717, 1.165) is 24.2 Å². The summed E-state index contributed by atoms with van der Waals surface area (Å²) >= 11 is 0. The van der Waals surface area contributed by atoms with E-state index in [1.807, 2.05) is 35.5 Å². The van der Waals surface area contributed by atoms with Gasteiger partial charge >= 0.3 is 0 Å². The second kappa shape index (κ2) is 6.37. The fourth-order valence-electron chi connectivity index (χ4n) is 2.28. The SMILES string of the molecule is COCCn1cc(NCc2cncc3ccccc23)cn1. The molecule has 0 saturated heterocycles. The zero-order valence-electron chi connectivity index (χ0n) is 12.0. The highest BCUT2D eigenvalue weighted by Gasteiger charge is 2.02. The van der Waals surface area contributed by atoms with Crippen LogP contribution in [0.2, 0.25) is 0 Å². The first kappa shape index (κ1) is 13.6. The van der Waals surface area contributed by atoms with Gasteiger partial charge in [0.15, 0.2) is 0 Å². The maximum Gasteiger partial charge on any atom is 0.0729 e. The zero-order valence-corrected chi connectivity index (χ0v) is 12.0. The second-order valence-corrected chi connectivity index (χ2v) is 4.86. The molecule has 0 bridgehead atoms. The molecule has 21 heavy (non-hydrogen) atoms. The van der Waals surface area contributed by atoms with E-state index in [-0.39, 0.29) is 0 Å². The lowest BCUT2D eigenvalue weighted by Crippen LogP contribution is -2.04. The lowest BCUT2D eigenvalue weighted by atomic mass is 10.1. The van der Waals surface area contributed by atoms with Gasteiger partial charge in [-0.3, -0.25) is 9.67 Å². The molecule has 0 radical (unpaired) electrons. The highest BCUT2D eigenvalue weighted by molar-refractivity contribution is 5.84. The number of fused-ring (bicyclic) bond motifs is 1. The first-order valence-corrected chi connectivity index (χ1v) is 6.94. The average molecular weight is 282 g/mol. The van der Waals surface area contributed by atoms with Crippen LogP contribution >= 0.6 is 0 Å². The molecule has 0 aliphatic carbocycles. The minimum atomic E-state index is 0.661. The molecule has 2 aromatic heterocycles. The van der Waals surface area contributed by atoms with Crippen LogP contribution in [0, 0.1) is 0 Å². The molecular formula is C16H18N4O. The predicted molar refractivity (Wildman–Crippen MR) is 83.2 cm³/mol. The third-order valence-electron chi connectivity index (χ3n) is 3.39. The molecule has 3 aromatic rings. The Morgan fingerprint density at radius 3 is 3.00 bits per heavy atom. The van der Waals surface area contributed by atoms with Crippen LogP contribution in [0.25, 0.3) is 10.8 Å². The first-order valence-electron chi connectivity index (χ1n) is 6.94. The molecule has 1 aromatic carbocycles. The Bertz CT molecular complexity index is 718. The van der Waals surface area contributed by atoms with E-state index in [4.69, 9.17) is 4.74 Å². The van der Waals surface area contributed by atoms with Gasteiger partial charge in [-0.05, 0) is 10.9 Å². The Morgan fingerprint density at radius 1 is 1.19 bits per heavy atom. The van der Waals surface area contributed by atoms with Crippen LogP contribution in [0.4, 0.5) is 5.69 Å². The molecule has 5 nitrogen and oxygen atoms in total. The number of hydrogen-bond acceptors (Lipinski definition) is 4. The molecule has 3 rings (SSSR count). The smallest absolute Gasteiger partial charge is 0.0729 e. The molecule has 0 atom stereocenters. The normalized spacial score (nSPS) is 10.9. The largest absolute Gasteiger partial charge is 0.383 e. The predicted octanol–water partition coefficient (Wildman–Crippen LogP) is 2.69. The van der Waals surface area contributed by atoms with Gasteiger partial charge in [-0.25, -0.2) is 0 Å². The fourth-order valence-corrected chi connectivity index (χ4v) is 2.28. The van der Waals surface area contributed by atoms with Crippen LogP contribution in [0.1, 0.15) is 5.56 Å². The summed E-state index contributed by atoms with van der Waals surface area (Å²) in [6, 6.07) is 8.28. The van der Waals surface area contributed by atoms with Crippen molar-refractivity contribution in [2.24, 2.45) is 0 Å². The van der Waals surface area contributed by atoms with Crippen molar-refractivity contribution in [3.8, 4) is 0 Å². The minimum absolute atomic E-state index is 0.661. The third-order valence-corrected chi connectivity index (χ3v) is 3.39. The molecule has 2 heterocycles. The van der Waals surface area contributed by atoms with Crippen molar-refractivity contribution in [1.82, 2.24) is 14.8 Å². The van der Waals surface area contributed by atoms with Gasteiger partial charge in [-0.15, -0.1) is 0 Å². The lowest BCUT2D eigenvalue weighted by molar-refractivity contribution is 0.183. The molecule has 1 N–H and O–H groups in total. The van der Waals surface area contributed by atoms with Crippen LogP contribution < -0.4 is 5.32 Å². The van der Waals surface area contributed by atoms with Gasteiger partial charge in [-0.1, -0.05) is 24.3 Å². The minimum Gasteiger partial charge on any atom is -0.383 e. The van der Waals surface area contributed by atoms with E-state index in [2.05, 4.69) is 33.6 Å². The third kappa shape index (κ3) is 3.20. The van der Waals surface area contributed by atoms with E-state index in [0.29, 0.717) is 6.61 Å². The van der Waals surface area contributed by atoms with E-state index in [9.17, 15) is 0 Å². The van der Waals surface area contributed by atoms with E-state index >= 15 is 0 Å². The van der Waals surface area contributed by atoms with E-state index in [1.54, 1.807) is 7.11 Å². The topological polar surface area (TPSA) is 52.0 Å². The molecule has 0 fully saturated rings. The van der Waals surface area contributed by atoms with Crippen molar-refractivity contribution in [2.45, 2.75) is 13.1 Å². The highest BCUT2D eigenvalue weighted by atomic mass is 16.5. The number of nitrogens with zero attached hydrogens (tertiary/aromatic N) is 3. The molecule has 108 valence electrons. The maximum absolute atomic E-state index is 5.04. The Balaban J connectivity index is 1.70. The quantitative estimate of drug-likeness (QED) is 0.755. The van der Waals surface area contributed by atoms with Crippen molar-refractivity contribution >= 4 is 16.5 Å². The summed E-state index contributed by atoms with van der Waals surface area (Å²) in [6.07, 6.45) is 7.61. The van der Waals surface area contributed by atoms with Crippen molar-refractivity contribution in [3.63, 3.8) is 0 Å². The Hall–Kier alpha value is -2.40. The van der Waals surface area contributed by atoms with Crippen molar-refractivity contribution in [1.29, 1.82) is 0 Å². The van der Waals surface area contributed by atoms with Gasteiger partial charge in [-0.2, -0.15) is 5.10 Å². The van der Waals surface area contributed by atoms with Gasteiger partial charge in [0.25, 0.3) is 0 Å². The molecule has 0 saturated carbocycles. The standard InChI is InChI=1S/C16H18N4O/c1-21-7-6-20-12-15(11-19-20)18-10-14-9-17-8-13-4-2-3-5-16(13)14/h2-5,8-9,11-12,18H,6-7,10H2,1H3. The van der Waals surface area contributed by atoms with Gasteiger partial charge in [0, 0.05) is 37.6 Å². The summed E-state index contributed by atoms with van der Waals surface area (Å²) in [5.41, 5.74) is 2.18. The number of hydrogen-bond donors (Lipinski definition) is 1. The summed E-state index contributed by atoms with van der Waals surface area (Å²) in [5, 5.41) is 10.1. The number of rotatable bonds is 6. The van der Waals surface area contributed by atoms with Crippen LogP contribution in [-0.4, -0.2) is 28.5 Å². The number of anilines is 1. The second-order valence-electron chi connectivity index (χ2n) is 4.86. The molecule has 0 unspecified atom stereocenters. The number of ether oxygens (including phenoxy) is 1. The van der Waals surface area contributed by atoms with Gasteiger partial charge in [0.05, 0.1) is 25.0 Å². The molecule has 5 heteroatoms.